The van der Waals surface area contributed by atoms with Crippen molar-refractivity contribution >= 4 is 137 Å². The third kappa shape index (κ3) is 5.58. The molecule has 0 aliphatic carbocycles. The predicted molar refractivity (Wildman–Crippen MR) is 181 cm³/mol. The van der Waals surface area contributed by atoms with Crippen LogP contribution in [0.15, 0.2) is 24.3 Å². The van der Waals surface area contributed by atoms with E-state index >= 15 is 0 Å². The number of unbranched alkanes of at least 4 members (excludes halogenated alkanes) is 6. The van der Waals surface area contributed by atoms with Gasteiger partial charge in [0.25, 0.3) is 0 Å². The lowest BCUT2D eigenvalue weighted by atomic mass is 10.1. The molecule has 0 atom stereocenters. The Morgan fingerprint density at radius 3 is 1.25 bits per heavy atom. The Labute approximate surface area is 253 Å². The lowest BCUT2D eigenvalue weighted by Crippen LogP contribution is -1.82. The van der Waals surface area contributed by atoms with Crippen LogP contribution in [0, 0.1) is 0 Å². The Morgan fingerprint density at radius 1 is 0.417 bits per heavy atom. The average molecular weight is 717 g/mol. The van der Waals surface area contributed by atoms with Crippen LogP contribution in [-0.2, 0) is 12.8 Å². The van der Waals surface area contributed by atoms with Crippen molar-refractivity contribution in [2.24, 2.45) is 0 Å². The molecular formula is C28H28Br2S6. The van der Waals surface area contributed by atoms with Crippen molar-refractivity contribution in [3.63, 3.8) is 0 Å². The molecule has 0 unspecified atom stereocenters. The molecule has 0 amide bonds. The molecule has 0 fully saturated rings. The summed E-state index contributed by atoms with van der Waals surface area (Å²) in [5.41, 5.74) is 0. The van der Waals surface area contributed by atoms with E-state index in [0.29, 0.717) is 0 Å². The zero-order chi connectivity index (χ0) is 24.5. The van der Waals surface area contributed by atoms with Gasteiger partial charge >= 0.3 is 0 Å². The molecule has 6 aromatic heterocycles. The molecule has 0 radical (unpaired) electrons. The number of alkyl halides is 2. The second kappa shape index (κ2) is 12.2. The van der Waals surface area contributed by atoms with Crippen LogP contribution in [0.5, 0.6) is 0 Å². The lowest BCUT2D eigenvalue weighted by Gasteiger charge is -1.97. The fourth-order valence-electron chi connectivity index (χ4n) is 4.75. The van der Waals surface area contributed by atoms with Gasteiger partial charge < -0.3 is 0 Å². The lowest BCUT2D eigenvalue weighted by molar-refractivity contribution is 0.675. The smallest absolute Gasteiger partial charge is 0.0636 e. The molecule has 0 aromatic carbocycles. The highest BCUT2D eigenvalue weighted by atomic mass is 79.9. The Balaban J connectivity index is 1.19. The zero-order valence-corrected chi connectivity index (χ0v) is 28.1. The summed E-state index contributed by atoms with van der Waals surface area (Å²) < 4.78 is 12.0. The van der Waals surface area contributed by atoms with Gasteiger partial charge in [-0.2, -0.15) is 0 Å². The maximum absolute atomic E-state index is 3.54. The van der Waals surface area contributed by atoms with Crippen molar-refractivity contribution in [2.75, 3.05) is 10.7 Å². The monoisotopic (exact) mass is 714 g/mol. The maximum atomic E-state index is 3.54. The molecule has 0 bridgehead atoms. The number of rotatable bonds is 13. The molecule has 0 N–H and O–H groups in total. The van der Waals surface area contributed by atoms with Crippen LogP contribution >= 0.6 is 99.9 Å². The Bertz CT molecular complexity index is 1470. The normalized spacial score (nSPS) is 12.4. The molecule has 6 heterocycles. The Hall–Kier alpha value is 0.200. The van der Waals surface area contributed by atoms with Crippen LogP contribution < -0.4 is 0 Å². The first kappa shape index (κ1) is 26.4. The van der Waals surface area contributed by atoms with Gasteiger partial charge in [-0.1, -0.05) is 57.5 Å². The molecule has 0 spiro atoms. The Kier molecular flexibility index (Phi) is 8.92. The molecule has 36 heavy (non-hydrogen) atoms. The maximum Gasteiger partial charge on any atom is 0.0636 e. The molecule has 6 aromatic rings. The van der Waals surface area contributed by atoms with Gasteiger partial charge in [-0.25, -0.2) is 0 Å². The Morgan fingerprint density at radius 2 is 0.806 bits per heavy atom. The number of halogens is 2. The fourth-order valence-corrected chi connectivity index (χ4v) is 13.8. The zero-order valence-electron chi connectivity index (χ0n) is 20.0. The van der Waals surface area contributed by atoms with Crippen molar-refractivity contribution in [2.45, 2.75) is 64.2 Å². The van der Waals surface area contributed by atoms with Gasteiger partial charge in [-0.15, -0.1) is 68.0 Å². The number of hydrogen-bond acceptors (Lipinski definition) is 6. The number of fused-ring (bicyclic) bond motifs is 6. The van der Waals surface area contributed by atoms with Gasteiger partial charge in [0.05, 0.1) is 18.8 Å². The first-order chi connectivity index (χ1) is 17.7. The first-order valence-corrected chi connectivity index (χ1v) is 19.9. The van der Waals surface area contributed by atoms with Crippen LogP contribution in [0.1, 0.15) is 61.1 Å². The molecule has 8 heteroatoms. The van der Waals surface area contributed by atoms with Crippen molar-refractivity contribution < 1.29 is 0 Å². The van der Waals surface area contributed by atoms with Crippen LogP contribution in [0.2, 0.25) is 0 Å². The van der Waals surface area contributed by atoms with Crippen LogP contribution in [-0.4, -0.2) is 10.7 Å². The van der Waals surface area contributed by atoms with E-state index in [0.717, 1.165) is 10.7 Å². The van der Waals surface area contributed by atoms with E-state index in [1.165, 1.54) is 112 Å². The van der Waals surface area contributed by atoms with Crippen molar-refractivity contribution in [3.8, 4) is 9.75 Å². The molecule has 0 saturated heterocycles. The summed E-state index contributed by atoms with van der Waals surface area (Å²) in [5.74, 6) is 0. The minimum atomic E-state index is 1.14. The van der Waals surface area contributed by atoms with Crippen molar-refractivity contribution in [1.82, 2.24) is 0 Å². The van der Waals surface area contributed by atoms with E-state index in [4.69, 9.17) is 0 Å². The summed E-state index contributed by atoms with van der Waals surface area (Å²) in [4.78, 5) is 6.05. The first-order valence-electron chi connectivity index (χ1n) is 12.8. The van der Waals surface area contributed by atoms with Gasteiger partial charge in [0.15, 0.2) is 0 Å². The van der Waals surface area contributed by atoms with Gasteiger partial charge in [0.2, 0.25) is 0 Å². The highest BCUT2D eigenvalue weighted by Gasteiger charge is 2.18. The molecule has 0 aliphatic heterocycles. The molecule has 0 aliphatic rings. The van der Waals surface area contributed by atoms with E-state index in [2.05, 4.69) is 56.1 Å². The second-order valence-electron chi connectivity index (χ2n) is 9.33. The molecular weight excluding hydrogens is 689 g/mol. The number of thiophene rings is 6. The van der Waals surface area contributed by atoms with Crippen LogP contribution in [0.3, 0.4) is 0 Å². The topological polar surface area (TPSA) is 0 Å². The summed E-state index contributed by atoms with van der Waals surface area (Å²) >= 11 is 19.2. The van der Waals surface area contributed by atoms with Gasteiger partial charge in [0.1, 0.15) is 0 Å². The minimum absolute atomic E-state index is 1.14. The van der Waals surface area contributed by atoms with E-state index in [9.17, 15) is 0 Å². The largest absolute Gasteiger partial charge is 0.138 e. The van der Waals surface area contributed by atoms with Crippen molar-refractivity contribution in [1.29, 1.82) is 0 Å². The third-order valence-electron chi connectivity index (χ3n) is 6.60. The standard InChI is InChI=1S/C28H28Br2S6/c29-11-7-3-1-5-9-17-13-21-25(31-17)27-23(33-21)15-19(35-27)20-16-24-28(36-20)26-22(34-24)14-18(32-26)10-6-2-4-8-12-30/h13-16H,1-12H2. The summed E-state index contributed by atoms with van der Waals surface area (Å²) in [7, 11) is 0. The summed E-state index contributed by atoms with van der Waals surface area (Å²) in [6.45, 7) is 0. The van der Waals surface area contributed by atoms with Gasteiger partial charge in [-0.05, 0) is 62.8 Å². The highest BCUT2D eigenvalue weighted by Crippen LogP contribution is 2.50. The number of hydrogen-bond donors (Lipinski definition) is 0. The highest BCUT2D eigenvalue weighted by molar-refractivity contribution is 9.09. The predicted octanol–water partition coefficient (Wildman–Crippen LogP) is 13.3. The van der Waals surface area contributed by atoms with Crippen molar-refractivity contribution in [3.05, 3.63) is 34.0 Å². The van der Waals surface area contributed by atoms with E-state index in [1.807, 2.05) is 68.0 Å². The van der Waals surface area contributed by atoms with Gasteiger partial charge in [-0.3, -0.25) is 0 Å². The summed E-state index contributed by atoms with van der Waals surface area (Å²) in [6, 6.07) is 9.85. The molecule has 0 saturated carbocycles. The van der Waals surface area contributed by atoms with E-state index in [1.54, 1.807) is 9.75 Å². The second-order valence-corrected chi connectivity index (χ2v) is 17.5. The summed E-state index contributed by atoms with van der Waals surface area (Å²) in [5, 5.41) is 2.28. The SMILES string of the molecule is BrCCCCCCc1cc2sc3cc(-c4cc5sc6cc(CCCCCCBr)sc6c5s4)sc3c2s1. The van der Waals surface area contributed by atoms with Crippen LogP contribution in [0.25, 0.3) is 47.4 Å². The molecule has 0 nitrogen and oxygen atoms in total. The van der Waals surface area contributed by atoms with Gasteiger partial charge in [0, 0.05) is 49.0 Å². The van der Waals surface area contributed by atoms with E-state index < -0.39 is 0 Å². The minimum Gasteiger partial charge on any atom is -0.138 e. The van der Waals surface area contributed by atoms with Crippen LogP contribution in [0.4, 0.5) is 0 Å². The molecule has 190 valence electrons. The number of aryl methyl sites for hydroxylation is 2. The van der Waals surface area contributed by atoms with E-state index in [-0.39, 0.29) is 0 Å². The summed E-state index contributed by atoms with van der Waals surface area (Å²) in [6.07, 6.45) is 13.1. The molecule has 6 rings (SSSR count). The average Bonchev–Trinajstić information content (AvgIpc) is 3.67. The third-order valence-corrected chi connectivity index (χ3v) is 15.6. The fraction of sp³-hybridized carbons (Fsp3) is 0.429. The quantitative estimate of drug-likeness (QED) is 0.0825.